The lowest BCUT2D eigenvalue weighted by atomic mass is 10.2. The molecule has 0 saturated carbocycles. The third-order valence-corrected chi connectivity index (χ3v) is 3.01. The summed E-state index contributed by atoms with van der Waals surface area (Å²) in [6, 6.07) is 9.30. The van der Waals surface area contributed by atoms with Crippen LogP contribution in [0.1, 0.15) is 12.5 Å². The van der Waals surface area contributed by atoms with Crippen LogP contribution in [0, 0.1) is 10.1 Å². The molecule has 0 spiro atoms. The van der Waals surface area contributed by atoms with Crippen molar-refractivity contribution in [2.45, 2.75) is 20.1 Å². The molecule has 0 radical (unpaired) electrons. The standard InChI is InChI=1S/C15H18N4O5/c1-2-23-14-13(19(21)22)10-18(17-14)9-8-16-15(20)24-11-12-6-4-3-5-7-12/h3-7,10H,2,8-9,11H2,1H3,(H,16,20). The van der Waals surface area contributed by atoms with Crippen molar-refractivity contribution >= 4 is 11.8 Å². The first kappa shape index (κ1) is 17.3. The Hall–Kier alpha value is -3.10. The van der Waals surface area contributed by atoms with Crippen LogP contribution in [0.2, 0.25) is 0 Å². The van der Waals surface area contributed by atoms with Crippen LogP contribution in [0.3, 0.4) is 0 Å². The number of nitrogens with one attached hydrogen (secondary N) is 1. The van der Waals surface area contributed by atoms with Crippen molar-refractivity contribution in [1.82, 2.24) is 15.1 Å². The molecule has 2 rings (SSSR count). The number of ether oxygens (including phenoxy) is 2. The number of nitrogens with zero attached hydrogens (tertiary/aromatic N) is 3. The van der Waals surface area contributed by atoms with Gasteiger partial charge in [0.05, 0.1) is 18.1 Å². The molecule has 0 fully saturated rings. The normalized spacial score (nSPS) is 10.2. The van der Waals surface area contributed by atoms with Crippen LogP contribution in [0.25, 0.3) is 0 Å². The van der Waals surface area contributed by atoms with E-state index in [1.54, 1.807) is 6.92 Å². The minimum Gasteiger partial charge on any atom is -0.472 e. The van der Waals surface area contributed by atoms with Crippen molar-refractivity contribution in [3.63, 3.8) is 0 Å². The fourth-order valence-electron chi connectivity index (χ4n) is 1.92. The average molecular weight is 334 g/mol. The summed E-state index contributed by atoms with van der Waals surface area (Å²) >= 11 is 0. The van der Waals surface area contributed by atoms with Gasteiger partial charge >= 0.3 is 17.7 Å². The van der Waals surface area contributed by atoms with Gasteiger partial charge in [-0.2, -0.15) is 0 Å². The SMILES string of the molecule is CCOc1nn(CCNC(=O)OCc2ccccc2)cc1[N+](=O)[O-]. The molecular weight excluding hydrogens is 316 g/mol. The third-order valence-electron chi connectivity index (χ3n) is 3.01. The maximum Gasteiger partial charge on any atom is 0.407 e. The lowest BCUT2D eigenvalue weighted by Crippen LogP contribution is -2.27. The Morgan fingerprint density at radius 1 is 1.38 bits per heavy atom. The largest absolute Gasteiger partial charge is 0.472 e. The molecule has 1 heterocycles. The van der Waals surface area contributed by atoms with E-state index in [9.17, 15) is 14.9 Å². The van der Waals surface area contributed by atoms with Crippen molar-refractivity contribution in [2.24, 2.45) is 0 Å². The van der Waals surface area contributed by atoms with Crippen molar-refractivity contribution in [3.05, 3.63) is 52.2 Å². The van der Waals surface area contributed by atoms with Gasteiger partial charge < -0.3 is 14.8 Å². The van der Waals surface area contributed by atoms with E-state index in [1.807, 2.05) is 30.3 Å². The quantitative estimate of drug-likeness (QED) is 0.585. The van der Waals surface area contributed by atoms with E-state index in [2.05, 4.69) is 10.4 Å². The first-order chi connectivity index (χ1) is 11.6. The Labute approximate surface area is 138 Å². The van der Waals surface area contributed by atoms with Gasteiger partial charge in [-0.25, -0.2) is 4.79 Å². The van der Waals surface area contributed by atoms with E-state index in [0.29, 0.717) is 0 Å². The van der Waals surface area contributed by atoms with Crippen LogP contribution in [0.4, 0.5) is 10.5 Å². The smallest absolute Gasteiger partial charge is 0.407 e. The molecule has 9 heteroatoms. The van der Waals surface area contributed by atoms with Gasteiger partial charge in [0.25, 0.3) is 0 Å². The molecule has 0 aliphatic carbocycles. The van der Waals surface area contributed by atoms with Gasteiger partial charge in [0.2, 0.25) is 0 Å². The van der Waals surface area contributed by atoms with Crippen molar-refractivity contribution in [3.8, 4) is 5.88 Å². The molecule has 9 nitrogen and oxygen atoms in total. The van der Waals surface area contributed by atoms with Gasteiger partial charge in [-0.15, -0.1) is 5.10 Å². The second kappa shape index (κ2) is 8.51. The van der Waals surface area contributed by atoms with Crippen LogP contribution in [0.5, 0.6) is 5.88 Å². The summed E-state index contributed by atoms with van der Waals surface area (Å²) in [7, 11) is 0. The zero-order chi connectivity index (χ0) is 17.4. The molecule has 24 heavy (non-hydrogen) atoms. The number of hydrogen-bond acceptors (Lipinski definition) is 6. The third kappa shape index (κ3) is 4.97. The number of rotatable bonds is 8. The Bertz CT molecular complexity index is 686. The summed E-state index contributed by atoms with van der Waals surface area (Å²) in [5.41, 5.74) is 0.681. The molecule has 1 amide bonds. The topological polar surface area (TPSA) is 109 Å². The maximum absolute atomic E-state index is 11.6. The van der Waals surface area contributed by atoms with Crippen LogP contribution >= 0.6 is 0 Å². The summed E-state index contributed by atoms with van der Waals surface area (Å²) in [6.07, 6.45) is 0.702. The number of carbonyl (C=O) groups excluding carboxylic acids is 1. The lowest BCUT2D eigenvalue weighted by Gasteiger charge is -2.07. The number of nitro groups is 1. The van der Waals surface area contributed by atoms with Crippen molar-refractivity contribution in [1.29, 1.82) is 0 Å². The number of alkyl carbamates (subject to hydrolysis) is 1. The molecule has 1 aromatic carbocycles. The summed E-state index contributed by atoms with van der Waals surface area (Å²) in [5.74, 6) is -0.0332. The van der Waals surface area contributed by atoms with Crippen LogP contribution in [0.15, 0.2) is 36.5 Å². The van der Waals surface area contributed by atoms with Crippen LogP contribution < -0.4 is 10.1 Å². The molecule has 0 aliphatic rings. The molecule has 0 unspecified atom stereocenters. The zero-order valence-electron chi connectivity index (χ0n) is 13.2. The highest BCUT2D eigenvalue weighted by Crippen LogP contribution is 2.24. The molecule has 2 aromatic rings. The van der Waals surface area contributed by atoms with E-state index in [4.69, 9.17) is 9.47 Å². The molecule has 1 aromatic heterocycles. The Morgan fingerprint density at radius 3 is 2.79 bits per heavy atom. The molecule has 0 saturated heterocycles. The van der Waals surface area contributed by atoms with Gasteiger partial charge in [0.1, 0.15) is 12.8 Å². The van der Waals surface area contributed by atoms with E-state index >= 15 is 0 Å². The molecular formula is C15H18N4O5. The Kier molecular flexibility index (Phi) is 6.12. The first-order valence-corrected chi connectivity index (χ1v) is 7.39. The summed E-state index contributed by atoms with van der Waals surface area (Å²) < 4.78 is 11.5. The van der Waals surface area contributed by atoms with Crippen molar-refractivity contribution in [2.75, 3.05) is 13.2 Å². The Morgan fingerprint density at radius 2 is 2.12 bits per heavy atom. The van der Waals surface area contributed by atoms with Gasteiger partial charge in [-0.05, 0) is 12.5 Å². The predicted octanol–water partition coefficient (Wildman–Crippen LogP) is 2.12. The predicted molar refractivity (Wildman–Crippen MR) is 84.7 cm³/mol. The summed E-state index contributed by atoms with van der Waals surface area (Å²) in [6.45, 7) is 2.65. The highest BCUT2D eigenvalue weighted by atomic mass is 16.6. The number of carbonyl (C=O) groups is 1. The summed E-state index contributed by atoms with van der Waals surface area (Å²) in [5, 5.41) is 17.4. The summed E-state index contributed by atoms with van der Waals surface area (Å²) in [4.78, 5) is 21.9. The average Bonchev–Trinajstić information content (AvgIpc) is 2.97. The lowest BCUT2D eigenvalue weighted by molar-refractivity contribution is -0.385. The van der Waals surface area contributed by atoms with Crippen LogP contribution in [-0.4, -0.2) is 33.9 Å². The minimum atomic E-state index is -0.564. The molecule has 0 atom stereocenters. The minimum absolute atomic E-state index is 0.0332. The van der Waals surface area contributed by atoms with Gasteiger partial charge in [-0.3, -0.25) is 14.8 Å². The second-order valence-electron chi connectivity index (χ2n) is 4.76. The van der Waals surface area contributed by atoms with E-state index in [-0.39, 0.29) is 37.9 Å². The van der Waals surface area contributed by atoms with Crippen molar-refractivity contribution < 1.29 is 19.2 Å². The number of benzene rings is 1. The fraction of sp³-hybridized carbons (Fsp3) is 0.333. The maximum atomic E-state index is 11.6. The second-order valence-corrected chi connectivity index (χ2v) is 4.76. The molecule has 1 N–H and O–H groups in total. The monoisotopic (exact) mass is 334 g/mol. The highest BCUT2D eigenvalue weighted by molar-refractivity contribution is 5.67. The Balaban J connectivity index is 1.78. The molecule has 128 valence electrons. The number of aromatic nitrogens is 2. The first-order valence-electron chi connectivity index (χ1n) is 7.39. The van der Waals surface area contributed by atoms with Gasteiger partial charge in [0, 0.05) is 6.54 Å². The van der Waals surface area contributed by atoms with Crippen LogP contribution in [-0.2, 0) is 17.9 Å². The zero-order valence-corrected chi connectivity index (χ0v) is 13.2. The van der Waals surface area contributed by atoms with Gasteiger partial charge in [-0.1, -0.05) is 30.3 Å². The number of hydrogen-bond donors (Lipinski definition) is 1. The highest BCUT2D eigenvalue weighted by Gasteiger charge is 2.20. The molecule has 0 aliphatic heterocycles. The van der Waals surface area contributed by atoms with E-state index < -0.39 is 11.0 Å². The fourth-order valence-corrected chi connectivity index (χ4v) is 1.92. The molecule has 0 bridgehead atoms. The van der Waals surface area contributed by atoms with E-state index in [0.717, 1.165) is 5.56 Å². The van der Waals surface area contributed by atoms with E-state index in [1.165, 1.54) is 10.9 Å². The number of amides is 1. The van der Waals surface area contributed by atoms with Gasteiger partial charge in [0.15, 0.2) is 0 Å².